The third-order valence-electron chi connectivity index (χ3n) is 2.51. The summed E-state index contributed by atoms with van der Waals surface area (Å²) in [5.74, 6) is -1.56. The largest absolute Gasteiger partial charge is 0.476 e. The lowest BCUT2D eigenvalue weighted by molar-refractivity contribution is 0.0473. The van der Waals surface area contributed by atoms with Crippen molar-refractivity contribution in [2.45, 2.75) is 19.4 Å². The molecular weight excluding hydrogens is 244 g/mol. The summed E-state index contributed by atoms with van der Waals surface area (Å²) in [6.45, 7) is 3.22. The van der Waals surface area contributed by atoms with Crippen molar-refractivity contribution in [3.63, 3.8) is 0 Å². The van der Waals surface area contributed by atoms with Gasteiger partial charge in [0.05, 0.1) is 12.1 Å². The zero-order valence-corrected chi connectivity index (χ0v) is 10.6. The van der Waals surface area contributed by atoms with Crippen molar-refractivity contribution >= 4 is 23.2 Å². The number of carboxylic acid groups (broad SMARTS) is 1. The van der Waals surface area contributed by atoms with E-state index in [0.29, 0.717) is 0 Å². The van der Waals surface area contributed by atoms with Gasteiger partial charge in [0.15, 0.2) is 10.7 Å². The highest BCUT2D eigenvalue weighted by molar-refractivity contribution is 7.11. The van der Waals surface area contributed by atoms with E-state index in [-0.39, 0.29) is 17.3 Å². The number of rotatable bonds is 4. The Morgan fingerprint density at radius 3 is 2.53 bits per heavy atom. The van der Waals surface area contributed by atoms with E-state index >= 15 is 0 Å². The quantitative estimate of drug-likeness (QED) is 0.829. The number of aliphatic hydroxyl groups is 1. The molecule has 1 amide bonds. The monoisotopic (exact) mass is 258 g/mol. The first-order valence-electron chi connectivity index (χ1n) is 4.87. The van der Waals surface area contributed by atoms with Crippen LogP contribution in [-0.4, -0.2) is 51.2 Å². The first-order chi connectivity index (χ1) is 7.79. The molecule has 0 aliphatic carbocycles. The number of aromatic carboxylic acids is 1. The van der Waals surface area contributed by atoms with Gasteiger partial charge in [-0.1, -0.05) is 0 Å². The first kappa shape index (κ1) is 13.6. The van der Waals surface area contributed by atoms with Crippen LogP contribution in [0.15, 0.2) is 5.38 Å². The van der Waals surface area contributed by atoms with Gasteiger partial charge in [-0.05, 0) is 13.8 Å². The average Bonchev–Trinajstić information content (AvgIpc) is 2.76. The molecule has 1 aromatic rings. The molecule has 0 spiro atoms. The van der Waals surface area contributed by atoms with Crippen molar-refractivity contribution in [2.24, 2.45) is 0 Å². The number of thiazole rings is 1. The normalized spacial score (nSPS) is 11.3. The van der Waals surface area contributed by atoms with Gasteiger partial charge in [0.25, 0.3) is 5.91 Å². The van der Waals surface area contributed by atoms with Crippen LogP contribution in [0.3, 0.4) is 0 Å². The second-order valence-electron chi connectivity index (χ2n) is 4.18. The fraction of sp³-hybridized carbons (Fsp3) is 0.500. The molecule has 1 aromatic heterocycles. The van der Waals surface area contributed by atoms with Crippen molar-refractivity contribution in [3.05, 3.63) is 16.1 Å². The molecule has 0 bridgehead atoms. The van der Waals surface area contributed by atoms with Gasteiger partial charge >= 0.3 is 5.97 Å². The molecule has 2 N–H and O–H groups in total. The molecule has 17 heavy (non-hydrogen) atoms. The topological polar surface area (TPSA) is 90.7 Å². The lowest BCUT2D eigenvalue weighted by Crippen LogP contribution is -2.47. The van der Waals surface area contributed by atoms with Crippen molar-refractivity contribution in [2.75, 3.05) is 13.7 Å². The Morgan fingerprint density at radius 2 is 2.12 bits per heavy atom. The molecule has 0 unspecified atom stereocenters. The predicted octanol–water partition coefficient (Wildman–Crippen LogP) is 0.684. The number of aromatic nitrogens is 1. The highest BCUT2D eigenvalue weighted by atomic mass is 32.1. The fourth-order valence-corrected chi connectivity index (χ4v) is 1.76. The van der Waals surface area contributed by atoms with Crippen LogP contribution in [0.1, 0.15) is 34.1 Å². The molecule has 0 aliphatic rings. The Morgan fingerprint density at radius 1 is 1.53 bits per heavy atom. The molecular formula is C10H14N2O4S. The number of likely N-dealkylation sites (N-methyl/N-ethyl adjacent to an activating group) is 1. The van der Waals surface area contributed by atoms with Gasteiger partial charge in [-0.3, -0.25) is 4.79 Å². The van der Waals surface area contributed by atoms with Gasteiger partial charge < -0.3 is 15.1 Å². The minimum atomic E-state index is -1.16. The number of carbonyl (C=O) groups excluding carboxylic acids is 1. The Kier molecular flexibility index (Phi) is 3.84. The summed E-state index contributed by atoms with van der Waals surface area (Å²) in [6.07, 6.45) is 0. The Hall–Kier alpha value is -1.47. The van der Waals surface area contributed by atoms with Crippen LogP contribution in [0, 0.1) is 0 Å². The average molecular weight is 258 g/mol. The standard InChI is InChI=1S/C10H14N2O4S/c1-10(2,5-13)12(3)8(14)7-11-6(4-17-7)9(15)16/h4,13H,5H2,1-3H3,(H,15,16). The van der Waals surface area contributed by atoms with E-state index in [1.165, 1.54) is 10.3 Å². The SMILES string of the molecule is CN(C(=O)c1nc(C(=O)O)cs1)C(C)(C)CO. The fourth-order valence-electron chi connectivity index (χ4n) is 0.995. The highest BCUT2D eigenvalue weighted by Gasteiger charge is 2.29. The van der Waals surface area contributed by atoms with E-state index in [4.69, 9.17) is 10.2 Å². The van der Waals surface area contributed by atoms with Crippen LogP contribution in [-0.2, 0) is 0 Å². The van der Waals surface area contributed by atoms with Crippen molar-refractivity contribution < 1.29 is 19.8 Å². The molecule has 0 radical (unpaired) electrons. The summed E-state index contributed by atoms with van der Waals surface area (Å²) >= 11 is 0.976. The molecule has 0 atom stereocenters. The van der Waals surface area contributed by atoms with Gasteiger partial charge in [-0.25, -0.2) is 9.78 Å². The van der Waals surface area contributed by atoms with Gasteiger partial charge in [0.2, 0.25) is 0 Å². The lowest BCUT2D eigenvalue weighted by atomic mass is 10.1. The second kappa shape index (κ2) is 4.80. The molecule has 7 heteroatoms. The summed E-state index contributed by atoms with van der Waals surface area (Å²) < 4.78 is 0. The van der Waals surface area contributed by atoms with Gasteiger partial charge in [-0.15, -0.1) is 11.3 Å². The molecule has 0 fully saturated rings. The van der Waals surface area contributed by atoms with E-state index in [2.05, 4.69) is 4.98 Å². The summed E-state index contributed by atoms with van der Waals surface area (Å²) in [7, 11) is 1.54. The minimum Gasteiger partial charge on any atom is -0.476 e. The number of hydrogen-bond acceptors (Lipinski definition) is 5. The molecule has 94 valence electrons. The molecule has 0 aliphatic heterocycles. The summed E-state index contributed by atoms with van der Waals surface area (Å²) in [5.41, 5.74) is -0.861. The predicted molar refractivity (Wildman–Crippen MR) is 62.3 cm³/mol. The van der Waals surface area contributed by atoms with Gasteiger partial charge in [0, 0.05) is 12.4 Å². The van der Waals surface area contributed by atoms with Crippen molar-refractivity contribution in [1.29, 1.82) is 0 Å². The maximum absolute atomic E-state index is 12.0. The number of hydrogen-bond donors (Lipinski definition) is 2. The zero-order chi connectivity index (χ0) is 13.2. The number of aliphatic hydroxyl groups excluding tert-OH is 1. The summed E-state index contributed by atoms with van der Waals surface area (Å²) in [5, 5.41) is 19.3. The number of carboxylic acids is 1. The Balaban J connectivity index is 2.93. The van der Waals surface area contributed by atoms with Crippen LogP contribution in [0.2, 0.25) is 0 Å². The molecule has 0 saturated heterocycles. The number of carbonyl (C=O) groups is 2. The van der Waals surface area contributed by atoms with Crippen LogP contribution in [0.4, 0.5) is 0 Å². The Labute approximate surface area is 103 Å². The van der Waals surface area contributed by atoms with Crippen LogP contribution in [0.5, 0.6) is 0 Å². The van der Waals surface area contributed by atoms with Crippen molar-refractivity contribution in [1.82, 2.24) is 9.88 Å². The molecule has 1 rings (SSSR count). The van der Waals surface area contributed by atoms with Crippen molar-refractivity contribution in [3.8, 4) is 0 Å². The smallest absolute Gasteiger partial charge is 0.355 e. The third kappa shape index (κ3) is 2.80. The molecule has 6 nitrogen and oxygen atoms in total. The maximum atomic E-state index is 12.0. The molecule has 0 aromatic carbocycles. The van der Waals surface area contributed by atoms with Gasteiger partial charge in [-0.2, -0.15) is 0 Å². The number of amides is 1. The van der Waals surface area contributed by atoms with Crippen LogP contribution < -0.4 is 0 Å². The van der Waals surface area contributed by atoms with E-state index in [1.807, 2.05) is 0 Å². The third-order valence-corrected chi connectivity index (χ3v) is 3.34. The molecule has 1 heterocycles. The first-order valence-corrected chi connectivity index (χ1v) is 5.75. The molecule has 0 saturated carbocycles. The van der Waals surface area contributed by atoms with E-state index in [0.717, 1.165) is 11.3 Å². The van der Waals surface area contributed by atoms with Crippen LogP contribution >= 0.6 is 11.3 Å². The Bertz CT molecular complexity index is 441. The lowest BCUT2D eigenvalue weighted by Gasteiger charge is -2.33. The summed E-state index contributed by atoms with van der Waals surface area (Å²) in [6, 6.07) is 0. The highest BCUT2D eigenvalue weighted by Crippen LogP contribution is 2.18. The maximum Gasteiger partial charge on any atom is 0.355 e. The summed E-state index contributed by atoms with van der Waals surface area (Å²) in [4.78, 5) is 27.7. The zero-order valence-electron chi connectivity index (χ0n) is 9.80. The second-order valence-corrected chi connectivity index (χ2v) is 5.04. The van der Waals surface area contributed by atoms with Crippen LogP contribution in [0.25, 0.3) is 0 Å². The van der Waals surface area contributed by atoms with Gasteiger partial charge in [0.1, 0.15) is 0 Å². The van der Waals surface area contributed by atoms with E-state index in [1.54, 1.807) is 20.9 Å². The van der Waals surface area contributed by atoms with E-state index in [9.17, 15) is 9.59 Å². The van der Waals surface area contributed by atoms with E-state index < -0.39 is 17.4 Å². The minimum absolute atomic E-state index is 0.103. The number of nitrogens with zero attached hydrogens (tertiary/aromatic N) is 2.